The van der Waals surface area contributed by atoms with E-state index in [0.29, 0.717) is 0 Å². The Morgan fingerprint density at radius 2 is 2.33 bits per heavy atom. The van der Waals surface area contributed by atoms with Crippen LogP contribution < -0.4 is 0 Å². The summed E-state index contributed by atoms with van der Waals surface area (Å²) in [6.45, 7) is 7.29. The minimum absolute atomic E-state index is 0.727. The molecule has 1 heterocycles. The van der Waals surface area contributed by atoms with E-state index in [9.17, 15) is 0 Å². The van der Waals surface area contributed by atoms with Crippen molar-refractivity contribution in [3.8, 4) is 0 Å². The zero-order valence-corrected chi connectivity index (χ0v) is 7.92. The van der Waals surface area contributed by atoms with Gasteiger partial charge in [-0.2, -0.15) is 0 Å². The normalized spacial score (nSPS) is 15.3. The second-order valence-electron chi connectivity index (χ2n) is 2.88. The summed E-state index contributed by atoms with van der Waals surface area (Å²) < 4.78 is 5.22. The van der Waals surface area contributed by atoms with Gasteiger partial charge in [-0.15, -0.1) is 0 Å². The number of nitrogens with zero attached hydrogens (tertiary/aromatic N) is 1. The molecule has 0 saturated heterocycles. The van der Waals surface area contributed by atoms with Crippen LogP contribution in [-0.2, 0) is 4.74 Å². The molecule has 0 aromatic carbocycles. The molecule has 2 heteroatoms. The lowest BCUT2D eigenvalue weighted by molar-refractivity contribution is 0.223. The van der Waals surface area contributed by atoms with Gasteiger partial charge in [-0.3, -0.25) is 0 Å². The van der Waals surface area contributed by atoms with E-state index in [0.717, 1.165) is 19.7 Å². The lowest BCUT2D eigenvalue weighted by atomic mass is 10.3. The maximum absolute atomic E-state index is 5.22. The van der Waals surface area contributed by atoms with Gasteiger partial charge in [-0.25, -0.2) is 0 Å². The van der Waals surface area contributed by atoms with Crippen LogP contribution in [-0.4, -0.2) is 24.6 Å². The third kappa shape index (κ3) is 2.29. The molecule has 0 radical (unpaired) electrons. The van der Waals surface area contributed by atoms with Crippen LogP contribution in [0.2, 0.25) is 0 Å². The second-order valence-corrected chi connectivity index (χ2v) is 2.88. The zero-order chi connectivity index (χ0) is 8.81. The highest BCUT2D eigenvalue weighted by Gasteiger charge is 2.07. The number of ether oxygens (including phenoxy) is 1. The van der Waals surface area contributed by atoms with Crippen LogP contribution in [0.4, 0.5) is 0 Å². The highest BCUT2D eigenvalue weighted by Crippen LogP contribution is 2.09. The van der Waals surface area contributed by atoms with Crippen LogP contribution in [0.15, 0.2) is 24.1 Å². The summed E-state index contributed by atoms with van der Waals surface area (Å²) in [5, 5.41) is 0. The molecule has 1 aliphatic rings. The van der Waals surface area contributed by atoms with Crippen LogP contribution in [0, 0.1) is 0 Å². The molecule has 0 aromatic rings. The summed E-state index contributed by atoms with van der Waals surface area (Å²) in [7, 11) is 0. The fraction of sp³-hybridized carbons (Fsp3) is 0.600. The highest BCUT2D eigenvalue weighted by molar-refractivity contribution is 5.14. The molecule has 68 valence electrons. The molecule has 0 atom stereocenters. The molecular weight excluding hydrogens is 150 g/mol. The first-order valence-corrected chi connectivity index (χ1v) is 4.60. The molecule has 0 fully saturated rings. The van der Waals surface area contributed by atoms with Gasteiger partial charge in [0.25, 0.3) is 0 Å². The minimum Gasteiger partial charge on any atom is -0.495 e. The van der Waals surface area contributed by atoms with Gasteiger partial charge in [-0.05, 0) is 25.5 Å². The van der Waals surface area contributed by atoms with E-state index < -0.39 is 0 Å². The van der Waals surface area contributed by atoms with Gasteiger partial charge in [0.2, 0.25) is 0 Å². The standard InChI is InChI=1S/C10H17NO/c1-3-7-11(4-2)10-6-5-8-12-9-10/h5-6,8H,3-4,7,9H2,1-2H3. The van der Waals surface area contributed by atoms with E-state index in [-0.39, 0.29) is 0 Å². The predicted octanol–water partition coefficient (Wildman–Crippen LogP) is 2.15. The SMILES string of the molecule is CCCN(CC)C1=CC=COC1. The maximum atomic E-state index is 5.22. The van der Waals surface area contributed by atoms with Crippen LogP contribution in [0.25, 0.3) is 0 Å². The first kappa shape index (κ1) is 9.17. The average molecular weight is 167 g/mol. The van der Waals surface area contributed by atoms with Crippen molar-refractivity contribution in [1.82, 2.24) is 4.90 Å². The van der Waals surface area contributed by atoms with E-state index >= 15 is 0 Å². The predicted molar refractivity (Wildman–Crippen MR) is 50.7 cm³/mol. The summed E-state index contributed by atoms with van der Waals surface area (Å²) in [6.07, 6.45) is 7.01. The molecule has 2 nitrogen and oxygen atoms in total. The Bertz CT molecular complexity index is 184. The van der Waals surface area contributed by atoms with Crippen LogP contribution >= 0.6 is 0 Å². The second kappa shape index (κ2) is 4.86. The Hall–Kier alpha value is -0.920. The van der Waals surface area contributed by atoms with Crippen LogP contribution in [0.1, 0.15) is 20.3 Å². The van der Waals surface area contributed by atoms with Crippen molar-refractivity contribution in [2.75, 3.05) is 19.7 Å². The first-order chi connectivity index (χ1) is 5.88. The molecule has 0 aromatic heterocycles. The van der Waals surface area contributed by atoms with Gasteiger partial charge in [0.1, 0.15) is 6.61 Å². The first-order valence-electron chi connectivity index (χ1n) is 4.60. The van der Waals surface area contributed by atoms with Crippen molar-refractivity contribution in [2.45, 2.75) is 20.3 Å². The topological polar surface area (TPSA) is 12.5 Å². The molecule has 0 spiro atoms. The fourth-order valence-electron chi connectivity index (χ4n) is 1.36. The van der Waals surface area contributed by atoms with E-state index in [4.69, 9.17) is 4.74 Å². The molecule has 1 rings (SSSR count). The monoisotopic (exact) mass is 167 g/mol. The Morgan fingerprint density at radius 3 is 2.83 bits per heavy atom. The molecule has 0 saturated carbocycles. The van der Waals surface area contributed by atoms with E-state index in [1.807, 2.05) is 6.08 Å². The Labute approximate surface area is 74.5 Å². The summed E-state index contributed by atoms with van der Waals surface area (Å²) in [5.74, 6) is 0. The number of rotatable bonds is 4. The number of likely N-dealkylation sites (N-methyl/N-ethyl adjacent to an activating group) is 1. The van der Waals surface area contributed by atoms with Crippen molar-refractivity contribution in [3.63, 3.8) is 0 Å². The van der Waals surface area contributed by atoms with Crippen molar-refractivity contribution in [2.24, 2.45) is 0 Å². The molecule has 1 aliphatic heterocycles. The van der Waals surface area contributed by atoms with Gasteiger partial charge >= 0.3 is 0 Å². The van der Waals surface area contributed by atoms with Gasteiger partial charge in [0.05, 0.1) is 12.0 Å². The van der Waals surface area contributed by atoms with Crippen LogP contribution in [0.5, 0.6) is 0 Å². The molecule has 0 aliphatic carbocycles. The minimum atomic E-state index is 0.727. The summed E-state index contributed by atoms with van der Waals surface area (Å²) >= 11 is 0. The quantitative estimate of drug-likeness (QED) is 0.636. The Kier molecular flexibility index (Phi) is 3.71. The Morgan fingerprint density at radius 1 is 1.50 bits per heavy atom. The Balaban J connectivity index is 2.51. The zero-order valence-electron chi connectivity index (χ0n) is 7.92. The van der Waals surface area contributed by atoms with Gasteiger partial charge in [0, 0.05) is 13.1 Å². The molecule has 0 bridgehead atoms. The smallest absolute Gasteiger partial charge is 0.127 e. The summed E-state index contributed by atoms with van der Waals surface area (Å²) in [5.41, 5.74) is 1.29. The highest BCUT2D eigenvalue weighted by atomic mass is 16.5. The lowest BCUT2D eigenvalue weighted by Crippen LogP contribution is -2.26. The van der Waals surface area contributed by atoms with Gasteiger partial charge < -0.3 is 9.64 Å². The van der Waals surface area contributed by atoms with E-state index in [2.05, 4.69) is 24.8 Å². The molecule has 0 amide bonds. The van der Waals surface area contributed by atoms with Crippen molar-refractivity contribution in [1.29, 1.82) is 0 Å². The number of hydrogen-bond donors (Lipinski definition) is 0. The molecule has 12 heavy (non-hydrogen) atoms. The van der Waals surface area contributed by atoms with Gasteiger partial charge in [-0.1, -0.05) is 6.92 Å². The van der Waals surface area contributed by atoms with Crippen molar-refractivity contribution in [3.05, 3.63) is 24.1 Å². The maximum Gasteiger partial charge on any atom is 0.127 e. The van der Waals surface area contributed by atoms with Crippen molar-refractivity contribution < 1.29 is 4.74 Å². The third-order valence-electron chi connectivity index (χ3n) is 1.98. The van der Waals surface area contributed by atoms with E-state index in [1.165, 1.54) is 12.1 Å². The number of hydrogen-bond acceptors (Lipinski definition) is 2. The summed E-state index contributed by atoms with van der Waals surface area (Å²) in [4.78, 5) is 2.35. The van der Waals surface area contributed by atoms with Crippen LogP contribution in [0.3, 0.4) is 0 Å². The number of allylic oxidation sites excluding steroid dienone is 2. The molecule has 0 unspecified atom stereocenters. The lowest BCUT2D eigenvalue weighted by Gasteiger charge is -2.26. The average Bonchev–Trinajstić information content (AvgIpc) is 2.15. The van der Waals surface area contributed by atoms with Gasteiger partial charge in [0.15, 0.2) is 0 Å². The van der Waals surface area contributed by atoms with Crippen molar-refractivity contribution >= 4 is 0 Å². The van der Waals surface area contributed by atoms with E-state index in [1.54, 1.807) is 6.26 Å². The summed E-state index contributed by atoms with van der Waals surface area (Å²) in [6, 6.07) is 0. The molecule has 0 N–H and O–H groups in total. The fourth-order valence-corrected chi connectivity index (χ4v) is 1.36. The molecular formula is C10H17NO. The third-order valence-corrected chi connectivity index (χ3v) is 1.98. The largest absolute Gasteiger partial charge is 0.495 e.